The number of benzene rings is 1. The van der Waals surface area contributed by atoms with Crippen LogP contribution in [0.25, 0.3) is 0 Å². The van der Waals surface area contributed by atoms with Gasteiger partial charge in [-0.1, -0.05) is 11.6 Å². The van der Waals surface area contributed by atoms with Gasteiger partial charge in [0.15, 0.2) is 0 Å². The molecule has 0 fully saturated rings. The molecule has 0 amide bonds. The predicted molar refractivity (Wildman–Crippen MR) is 76.7 cm³/mol. The van der Waals surface area contributed by atoms with Crippen LogP contribution in [0, 0.1) is 10.1 Å². The van der Waals surface area contributed by atoms with Gasteiger partial charge in [-0.2, -0.15) is 0 Å². The number of nitrogens with zero attached hydrogens (tertiary/aromatic N) is 2. The summed E-state index contributed by atoms with van der Waals surface area (Å²) in [6.45, 7) is 0. The number of nitro benzene ring substituents is 1. The minimum atomic E-state index is -0.554. The number of pyridine rings is 1. The van der Waals surface area contributed by atoms with Crippen LogP contribution in [0.1, 0.15) is 0 Å². The first-order valence-corrected chi connectivity index (χ1v) is 6.49. The lowest BCUT2D eigenvalue weighted by atomic mass is 10.3. The number of hydrogen-bond donors (Lipinski definition) is 0. The zero-order valence-corrected chi connectivity index (χ0v) is 12.5. The molecule has 6 nitrogen and oxygen atoms in total. The molecule has 0 atom stereocenters. The number of rotatable bonds is 4. The van der Waals surface area contributed by atoms with E-state index >= 15 is 0 Å². The van der Waals surface area contributed by atoms with Gasteiger partial charge in [0.2, 0.25) is 11.6 Å². The molecule has 0 radical (unpaired) electrons. The van der Waals surface area contributed by atoms with Crippen molar-refractivity contribution in [2.24, 2.45) is 0 Å². The van der Waals surface area contributed by atoms with Crippen molar-refractivity contribution in [1.29, 1.82) is 0 Å². The molecule has 0 saturated heterocycles. The lowest BCUT2D eigenvalue weighted by Gasteiger charge is -2.08. The van der Waals surface area contributed by atoms with Gasteiger partial charge in [-0.3, -0.25) is 10.1 Å². The summed E-state index contributed by atoms with van der Waals surface area (Å²) in [4.78, 5) is 14.4. The summed E-state index contributed by atoms with van der Waals surface area (Å²) in [5.41, 5.74) is -0.215. The molecule has 0 N–H and O–H groups in total. The van der Waals surface area contributed by atoms with Crippen molar-refractivity contribution < 1.29 is 14.4 Å². The number of aromatic nitrogens is 1. The van der Waals surface area contributed by atoms with Gasteiger partial charge in [-0.15, -0.1) is 0 Å². The highest BCUT2D eigenvalue weighted by Gasteiger charge is 2.18. The van der Waals surface area contributed by atoms with Crippen LogP contribution in [-0.2, 0) is 0 Å². The molecule has 1 heterocycles. The van der Waals surface area contributed by atoms with E-state index in [0.717, 1.165) is 0 Å². The van der Waals surface area contributed by atoms with Crippen molar-refractivity contribution in [3.05, 3.63) is 50.1 Å². The maximum absolute atomic E-state index is 11.0. The molecule has 2 rings (SSSR count). The Morgan fingerprint density at radius 1 is 1.40 bits per heavy atom. The zero-order valence-electron chi connectivity index (χ0n) is 10.2. The summed E-state index contributed by atoms with van der Waals surface area (Å²) in [7, 11) is 1.43. The molecule has 8 heteroatoms. The van der Waals surface area contributed by atoms with Crippen LogP contribution >= 0.6 is 27.5 Å². The Kier molecular flexibility index (Phi) is 4.41. The minimum Gasteiger partial charge on any atom is -0.496 e. The Hall–Kier alpha value is -1.86. The predicted octanol–water partition coefficient (Wildman–Crippen LogP) is 4.21. The standard InChI is InChI=1S/C12H8BrClN2O4/c1-19-8-2-3-11(10(5-8)16(17)18)20-12-9(13)4-7(14)6-15-12/h2-6H,1H3. The molecule has 0 bridgehead atoms. The Labute approximate surface area is 127 Å². The van der Waals surface area contributed by atoms with E-state index in [1.54, 1.807) is 12.1 Å². The lowest BCUT2D eigenvalue weighted by molar-refractivity contribution is -0.385. The largest absolute Gasteiger partial charge is 0.496 e. The highest BCUT2D eigenvalue weighted by molar-refractivity contribution is 9.10. The Balaban J connectivity index is 2.40. The quantitative estimate of drug-likeness (QED) is 0.604. The molecule has 1 aromatic carbocycles. The van der Waals surface area contributed by atoms with E-state index in [1.165, 1.54) is 25.4 Å². The second kappa shape index (κ2) is 6.06. The third kappa shape index (κ3) is 3.17. The molecule has 2 aromatic rings. The fourth-order valence-corrected chi connectivity index (χ4v) is 2.15. The molecular weight excluding hydrogens is 351 g/mol. The summed E-state index contributed by atoms with van der Waals surface area (Å²) in [5.74, 6) is 0.612. The molecule has 0 saturated carbocycles. The van der Waals surface area contributed by atoms with Crippen molar-refractivity contribution in [1.82, 2.24) is 4.98 Å². The first-order valence-electron chi connectivity index (χ1n) is 5.32. The molecule has 0 spiro atoms. The van der Waals surface area contributed by atoms with Crippen molar-refractivity contribution in [3.63, 3.8) is 0 Å². The molecule has 0 aliphatic carbocycles. The SMILES string of the molecule is COc1ccc(Oc2ncc(Cl)cc2Br)c([N+](=O)[O-])c1. The average Bonchev–Trinajstić information content (AvgIpc) is 2.42. The van der Waals surface area contributed by atoms with Gasteiger partial charge in [-0.05, 0) is 34.1 Å². The van der Waals surface area contributed by atoms with Gasteiger partial charge >= 0.3 is 5.69 Å². The summed E-state index contributed by atoms with van der Waals surface area (Å²) in [6, 6.07) is 5.87. The van der Waals surface area contributed by atoms with Gasteiger partial charge in [0, 0.05) is 6.20 Å². The van der Waals surface area contributed by atoms with Crippen molar-refractivity contribution in [2.75, 3.05) is 7.11 Å². The first kappa shape index (κ1) is 14.5. The normalized spacial score (nSPS) is 10.2. The van der Waals surface area contributed by atoms with Crippen LogP contribution in [0.3, 0.4) is 0 Å². The van der Waals surface area contributed by atoms with Crippen molar-refractivity contribution in [2.45, 2.75) is 0 Å². The van der Waals surface area contributed by atoms with E-state index in [0.29, 0.717) is 15.2 Å². The van der Waals surface area contributed by atoms with Crippen LogP contribution in [0.4, 0.5) is 5.69 Å². The van der Waals surface area contributed by atoms with Crippen LogP contribution in [0.2, 0.25) is 5.02 Å². The summed E-state index contributed by atoms with van der Waals surface area (Å²) in [6.07, 6.45) is 1.39. The Bertz CT molecular complexity index is 666. The van der Waals surface area contributed by atoms with Gasteiger partial charge in [0.25, 0.3) is 0 Å². The highest BCUT2D eigenvalue weighted by Crippen LogP contribution is 2.36. The second-order valence-corrected chi connectivity index (χ2v) is 4.92. The van der Waals surface area contributed by atoms with E-state index in [9.17, 15) is 10.1 Å². The number of nitro groups is 1. The number of methoxy groups -OCH3 is 1. The van der Waals surface area contributed by atoms with Gasteiger partial charge in [0.1, 0.15) is 5.75 Å². The van der Waals surface area contributed by atoms with Gasteiger partial charge in [-0.25, -0.2) is 4.98 Å². The van der Waals surface area contributed by atoms with E-state index in [4.69, 9.17) is 21.1 Å². The monoisotopic (exact) mass is 358 g/mol. The average molecular weight is 360 g/mol. The number of halogens is 2. The summed E-state index contributed by atoms with van der Waals surface area (Å²) in [5, 5.41) is 11.5. The van der Waals surface area contributed by atoms with Crippen LogP contribution < -0.4 is 9.47 Å². The van der Waals surface area contributed by atoms with E-state index in [2.05, 4.69) is 20.9 Å². The van der Waals surface area contributed by atoms with Crippen LogP contribution in [0.5, 0.6) is 17.4 Å². The number of hydrogen-bond acceptors (Lipinski definition) is 5. The van der Waals surface area contributed by atoms with Crippen LogP contribution in [0.15, 0.2) is 34.9 Å². The zero-order chi connectivity index (χ0) is 14.7. The molecule has 0 aliphatic rings. The molecular formula is C12H8BrClN2O4. The maximum atomic E-state index is 11.0. The molecule has 1 aromatic heterocycles. The lowest BCUT2D eigenvalue weighted by Crippen LogP contribution is -1.96. The molecule has 104 valence electrons. The smallest absolute Gasteiger partial charge is 0.315 e. The fraction of sp³-hybridized carbons (Fsp3) is 0.0833. The van der Waals surface area contributed by atoms with Crippen molar-refractivity contribution in [3.8, 4) is 17.4 Å². The summed E-state index contributed by atoms with van der Waals surface area (Å²) >= 11 is 9.00. The third-order valence-corrected chi connectivity index (χ3v) is 3.12. The van der Waals surface area contributed by atoms with Crippen molar-refractivity contribution >= 4 is 33.2 Å². The third-order valence-electron chi connectivity index (χ3n) is 2.34. The Morgan fingerprint density at radius 3 is 2.75 bits per heavy atom. The maximum Gasteiger partial charge on any atom is 0.315 e. The minimum absolute atomic E-state index is 0.0614. The fourth-order valence-electron chi connectivity index (χ4n) is 1.43. The van der Waals surface area contributed by atoms with Gasteiger partial charge < -0.3 is 9.47 Å². The second-order valence-electron chi connectivity index (χ2n) is 3.63. The topological polar surface area (TPSA) is 74.5 Å². The summed E-state index contributed by atoms with van der Waals surface area (Å²) < 4.78 is 10.9. The van der Waals surface area contributed by atoms with E-state index in [1.807, 2.05) is 0 Å². The first-order chi connectivity index (χ1) is 9.51. The molecule has 20 heavy (non-hydrogen) atoms. The molecule has 0 aliphatic heterocycles. The highest BCUT2D eigenvalue weighted by atomic mass is 79.9. The Morgan fingerprint density at radius 2 is 2.15 bits per heavy atom. The van der Waals surface area contributed by atoms with E-state index in [-0.39, 0.29) is 17.3 Å². The number of ether oxygens (including phenoxy) is 2. The molecule has 0 unspecified atom stereocenters. The van der Waals surface area contributed by atoms with Gasteiger partial charge in [0.05, 0.1) is 27.6 Å². The van der Waals surface area contributed by atoms with E-state index < -0.39 is 4.92 Å². The van der Waals surface area contributed by atoms with Crippen LogP contribution in [-0.4, -0.2) is 17.0 Å².